The third kappa shape index (κ3) is 4.18. The number of benzene rings is 3. The van der Waals surface area contributed by atoms with Crippen molar-refractivity contribution in [2.24, 2.45) is 0 Å². The third-order valence-corrected chi connectivity index (χ3v) is 5.20. The Hall–Kier alpha value is -3.57. The van der Waals surface area contributed by atoms with E-state index in [2.05, 4.69) is 4.90 Å². The van der Waals surface area contributed by atoms with Gasteiger partial charge in [0.05, 0.1) is 18.3 Å². The molecule has 5 nitrogen and oxygen atoms in total. The molecule has 0 fully saturated rings. The normalized spacial score (nSPS) is 11.1. The lowest BCUT2D eigenvalue weighted by Crippen LogP contribution is -2.19. The van der Waals surface area contributed by atoms with Crippen LogP contribution in [0.15, 0.2) is 78.9 Å². The molecule has 0 aliphatic rings. The van der Waals surface area contributed by atoms with Crippen LogP contribution in [0, 0.1) is 0 Å². The van der Waals surface area contributed by atoms with Gasteiger partial charge in [0.15, 0.2) is 5.75 Å². The maximum absolute atomic E-state index is 13.6. The second-order valence-electron chi connectivity index (χ2n) is 7.58. The van der Waals surface area contributed by atoms with E-state index >= 15 is 0 Å². The van der Waals surface area contributed by atoms with Crippen LogP contribution < -0.4 is 9.47 Å². The van der Waals surface area contributed by atoms with Crippen LogP contribution in [-0.4, -0.2) is 49.7 Å². The molecule has 4 rings (SSSR count). The first-order chi connectivity index (χ1) is 15.1. The van der Waals surface area contributed by atoms with Crippen LogP contribution in [0.25, 0.3) is 22.2 Å². The molecule has 0 spiro atoms. The standard InChI is InChI=1S/C26H26N2O3/c1-27(2)17-18-31-25-22-11-7-8-12-23(22)28(26(29)20-9-5-4-6-10-20)24(25)19-13-15-21(30-3)16-14-19/h4-16H,17-18H2,1-3H3. The van der Waals surface area contributed by atoms with Gasteiger partial charge in [0.25, 0.3) is 5.91 Å². The van der Waals surface area contributed by atoms with Crippen molar-refractivity contribution in [2.45, 2.75) is 0 Å². The fourth-order valence-electron chi connectivity index (χ4n) is 3.62. The summed E-state index contributed by atoms with van der Waals surface area (Å²) >= 11 is 0. The van der Waals surface area contributed by atoms with Crippen LogP contribution in [-0.2, 0) is 0 Å². The number of fused-ring (bicyclic) bond motifs is 1. The molecule has 0 N–H and O–H groups in total. The smallest absolute Gasteiger partial charge is 0.262 e. The van der Waals surface area contributed by atoms with E-state index in [-0.39, 0.29) is 5.91 Å². The summed E-state index contributed by atoms with van der Waals surface area (Å²) in [6.45, 7) is 1.29. The van der Waals surface area contributed by atoms with Gasteiger partial charge in [-0.25, -0.2) is 0 Å². The molecule has 0 saturated carbocycles. The Kier molecular flexibility index (Phi) is 6.05. The Morgan fingerprint density at radius 1 is 0.903 bits per heavy atom. The number of carbonyl (C=O) groups excluding carboxylic acids is 1. The van der Waals surface area contributed by atoms with E-state index in [1.807, 2.05) is 93.0 Å². The summed E-state index contributed by atoms with van der Waals surface area (Å²) in [6.07, 6.45) is 0. The zero-order valence-electron chi connectivity index (χ0n) is 18.0. The summed E-state index contributed by atoms with van der Waals surface area (Å²) in [5.74, 6) is 1.38. The molecular formula is C26H26N2O3. The SMILES string of the molecule is COc1ccc(-c2c(OCCN(C)C)c3ccccc3n2C(=O)c2ccccc2)cc1. The lowest BCUT2D eigenvalue weighted by molar-refractivity contribution is 0.0966. The molecule has 0 aliphatic carbocycles. The zero-order chi connectivity index (χ0) is 21.8. The minimum absolute atomic E-state index is 0.0925. The van der Waals surface area contributed by atoms with Gasteiger partial charge >= 0.3 is 0 Å². The molecule has 0 radical (unpaired) electrons. The summed E-state index contributed by atoms with van der Waals surface area (Å²) in [5, 5.41) is 0.913. The summed E-state index contributed by atoms with van der Waals surface area (Å²) in [7, 11) is 5.66. The quantitative estimate of drug-likeness (QED) is 0.429. The van der Waals surface area contributed by atoms with Gasteiger partial charge in [-0.3, -0.25) is 9.36 Å². The average Bonchev–Trinajstić information content (AvgIpc) is 3.13. The van der Waals surface area contributed by atoms with Crippen LogP contribution in [0.3, 0.4) is 0 Å². The summed E-state index contributed by atoms with van der Waals surface area (Å²) in [4.78, 5) is 15.7. The molecule has 1 aromatic heterocycles. The molecule has 0 bridgehead atoms. The van der Waals surface area contributed by atoms with E-state index in [1.54, 1.807) is 11.7 Å². The highest BCUT2D eigenvalue weighted by Gasteiger charge is 2.24. The summed E-state index contributed by atoms with van der Waals surface area (Å²) < 4.78 is 13.4. The Balaban J connectivity index is 1.94. The average molecular weight is 415 g/mol. The number of aromatic nitrogens is 1. The van der Waals surface area contributed by atoms with Crippen molar-refractivity contribution in [3.8, 4) is 22.8 Å². The molecule has 1 heterocycles. The van der Waals surface area contributed by atoms with Crippen LogP contribution in [0.2, 0.25) is 0 Å². The van der Waals surface area contributed by atoms with Crippen molar-refractivity contribution >= 4 is 16.8 Å². The maximum Gasteiger partial charge on any atom is 0.262 e. The number of hydrogen-bond donors (Lipinski definition) is 0. The van der Waals surface area contributed by atoms with Crippen molar-refractivity contribution < 1.29 is 14.3 Å². The molecule has 31 heavy (non-hydrogen) atoms. The van der Waals surface area contributed by atoms with Gasteiger partial charge in [0.2, 0.25) is 0 Å². The van der Waals surface area contributed by atoms with Gasteiger partial charge in [-0.2, -0.15) is 0 Å². The first kappa shape index (κ1) is 20.7. The summed E-state index contributed by atoms with van der Waals surface area (Å²) in [5.41, 5.74) is 3.08. The van der Waals surface area contributed by atoms with E-state index in [0.717, 1.165) is 34.5 Å². The van der Waals surface area contributed by atoms with Crippen molar-refractivity contribution in [2.75, 3.05) is 34.4 Å². The Bertz CT molecular complexity index is 1180. The van der Waals surface area contributed by atoms with Crippen LogP contribution in [0.4, 0.5) is 0 Å². The van der Waals surface area contributed by atoms with Crippen molar-refractivity contribution in [3.05, 3.63) is 84.4 Å². The van der Waals surface area contributed by atoms with Gasteiger partial charge < -0.3 is 14.4 Å². The van der Waals surface area contributed by atoms with Crippen LogP contribution in [0.1, 0.15) is 10.4 Å². The maximum atomic E-state index is 13.6. The minimum Gasteiger partial charge on any atom is -0.497 e. The first-order valence-corrected chi connectivity index (χ1v) is 10.3. The number of carbonyl (C=O) groups is 1. The fraction of sp³-hybridized carbons (Fsp3) is 0.192. The van der Waals surface area contributed by atoms with Gasteiger partial charge in [0.1, 0.15) is 12.4 Å². The Morgan fingerprint density at radius 3 is 2.26 bits per heavy atom. The van der Waals surface area contributed by atoms with Gasteiger partial charge in [-0.05, 0) is 62.6 Å². The van der Waals surface area contributed by atoms with Crippen molar-refractivity contribution in [1.82, 2.24) is 9.47 Å². The second-order valence-corrected chi connectivity index (χ2v) is 7.58. The molecule has 3 aromatic carbocycles. The van der Waals surface area contributed by atoms with Gasteiger partial charge in [-0.15, -0.1) is 0 Å². The van der Waals surface area contributed by atoms with E-state index < -0.39 is 0 Å². The number of ether oxygens (including phenoxy) is 2. The van der Waals surface area contributed by atoms with Crippen molar-refractivity contribution in [1.29, 1.82) is 0 Å². The number of methoxy groups -OCH3 is 1. The third-order valence-electron chi connectivity index (χ3n) is 5.20. The molecule has 158 valence electrons. The van der Waals surface area contributed by atoms with E-state index in [0.29, 0.717) is 17.9 Å². The largest absolute Gasteiger partial charge is 0.497 e. The number of hydrogen-bond acceptors (Lipinski definition) is 4. The Labute approximate surface area is 182 Å². The molecule has 4 aromatic rings. The van der Waals surface area contributed by atoms with Gasteiger partial charge in [-0.1, -0.05) is 30.3 Å². The molecule has 0 saturated heterocycles. The zero-order valence-corrected chi connectivity index (χ0v) is 18.0. The topological polar surface area (TPSA) is 43.7 Å². The Morgan fingerprint density at radius 2 is 1.58 bits per heavy atom. The van der Waals surface area contributed by atoms with E-state index in [4.69, 9.17) is 9.47 Å². The fourth-order valence-corrected chi connectivity index (χ4v) is 3.62. The first-order valence-electron chi connectivity index (χ1n) is 10.3. The highest BCUT2D eigenvalue weighted by molar-refractivity contribution is 6.09. The molecule has 0 aliphatic heterocycles. The lowest BCUT2D eigenvalue weighted by atomic mass is 10.1. The van der Waals surface area contributed by atoms with Crippen LogP contribution >= 0.6 is 0 Å². The monoisotopic (exact) mass is 414 g/mol. The minimum atomic E-state index is -0.0925. The molecule has 0 amide bonds. The highest BCUT2D eigenvalue weighted by atomic mass is 16.5. The van der Waals surface area contributed by atoms with E-state index in [9.17, 15) is 4.79 Å². The molecule has 0 atom stereocenters. The summed E-state index contributed by atoms with van der Waals surface area (Å²) in [6, 6.07) is 24.9. The number of nitrogens with zero attached hydrogens (tertiary/aromatic N) is 2. The lowest BCUT2D eigenvalue weighted by Gasteiger charge is -2.14. The van der Waals surface area contributed by atoms with Crippen molar-refractivity contribution in [3.63, 3.8) is 0 Å². The predicted molar refractivity (Wildman–Crippen MR) is 124 cm³/mol. The number of para-hydroxylation sites is 1. The van der Waals surface area contributed by atoms with Crippen LogP contribution in [0.5, 0.6) is 11.5 Å². The molecule has 0 unspecified atom stereocenters. The predicted octanol–water partition coefficient (Wildman–Crippen LogP) is 4.95. The number of likely N-dealkylation sites (N-methyl/N-ethyl adjacent to an activating group) is 1. The highest BCUT2D eigenvalue weighted by Crippen LogP contribution is 2.41. The number of rotatable bonds is 7. The molecule has 5 heteroatoms. The second kappa shape index (κ2) is 9.06. The van der Waals surface area contributed by atoms with Gasteiger partial charge in [0, 0.05) is 23.1 Å². The molecular weight excluding hydrogens is 388 g/mol. The van der Waals surface area contributed by atoms with E-state index in [1.165, 1.54) is 0 Å².